The highest BCUT2D eigenvalue weighted by Crippen LogP contribution is 2.15. The fourth-order valence-electron chi connectivity index (χ4n) is 2.19. The van der Waals surface area contributed by atoms with Crippen LogP contribution in [-0.2, 0) is 17.1 Å². The number of nitrogens with one attached hydrogen (secondary N) is 1. The molecular weight excluding hydrogens is 298 g/mol. The van der Waals surface area contributed by atoms with Crippen molar-refractivity contribution in [2.45, 2.75) is 44.5 Å². The Morgan fingerprint density at radius 3 is 2.95 bits per heavy atom. The van der Waals surface area contributed by atoms with Gasteiger partial charge in [0.25, 0.3) is 5.91 Å². The molecule has 0 radical (unpaired) electrons. The number of carbonyl (C=O) groups is 2. The van der Waals surface area contributed by atoms with Gasteiger partial charge in [-0.1, -0.05) is 13.3 Å². The Bertz CT molecular complexity index is 492. The van der Waals surface area contributed by atoms with Crippen molar-refractivity contribution in [3.63, 3.8) is 0 Å². The molecule has 0 aliphatic carbocycles. The Balaban J connectivity index is 1.81. The average Bonchev–Trinajstić information content (AvgIpc) is 2.99. The third-order valence-corrected chi connectivity index (χ3v) is 4.42. The molecule has 2 heterocycles. The first-order chi connectivity index (χ1) is 9.65. The van der Waals surface area contributed by atoms with Gasteiger partial charge in [0, 0.05) is 18.3 Å². The van der Waals surface area contributed by atoms with E-state index in [1.54, 1.807) is 11.3 Å². The highest BCUT2D eigenvalue weighted by atomic mass is 35.5. The van der Waals surface area contributed by atoms with Crippen LogP contribution < -0.4 is 5.32 Å². The van der Waals surface area contributed by atoms with Gasteiger partial charge in [-0.2, -0.15) is 0 Å². The normalized spacial score (nSPS) is 18.7. The second kappa shape index (κ2) is 7.04. The molecule has 1 aromatic heterocycles. The van der Waals surface area contributed by atoms with Gasteiger partial charge in [0.1, 0.15) is 6.04 Å². The summed E-state index contributed by atoms with van der Waals surface area (Å²) in [5, 5.41) is 5.66. The van der Waals surface area contributed by atoms with Crippen molar-refractivity contribution in [1.29, 1.82) is 0 Å². The number of carbonyl (C=O) groups excluding carboxylic acids is 2. The summed E-state index contributed by atoms with van der Waals surface area (Å²) in [6, 6.07) is -0.607. The van der Waals surface area contributed by atoms with Crippen LogP contribution in [-0.4, -0.2) is 34.4 Å². The van der Waals surface area contributed by atoms with Crippen molar-refractivity contribution >= 4 is 34.9 Å². The van der Waals surface area contributed by atoms with Crippen LogP contribution in [0.1, 0.15) is 36.9 Å². The molecule has 1 aliphatic heterocycles. The molecule has 1 fully saturated rings. The number of hydrogen-bond acceptors (Lipinski definition) is 4. The Labute approximate surface area is 127 Å². The van der Waals surface area contributed by atoms with Crippen LogP contribution in [0.25, 0.3) is 0 Å². The van der Waals surface area contributed by atoms with Crippen molar-refractivity contribution in [3.8, 4) is 0 Å². The van der Waals surface area contributed by atoms with Crippen molar-refractivity contribution in [2.75, 3.05) is 6.54 Å². The molecule has 0 saturated carbocycles. The van der Waals surface area contributed by atoms with Crippen LogP contribution in [0.5, 0.6) is 0 Å². The molecule has 1 unspecified atom stereocenters. The number of amides is 3. The van der Waals surface area contributed by atoms with Crippen LogP contribution in [0.4, 0.5) is 4.79 Å². The van der Waals surface area contributed by atoms with Gasteiger partial charge in [0.2, 0.25) is 0 Å². The molecule has 110 valence electrons. The highest BCUT2D eigenvalue weighted by molar-refractivity contribution is 7.09. The van der Waals surface area contributed by atoms with Gasteiger partial charge in [-0.15, -0.1) is 22.9 Å². The lowest BCUT2D eigenvalue weighted by atomic mass is 10.1. The summed E-state index contributed by atoms with van der Waals surface area (Å²) in [5.41, 5.74) is 0.879. The molecule has 1 aromatic rings. The molecule has 0 bridgehead atoms. The third kappa shape index (κ3) is 3.49. The molecule has 1 saturated heterocycles. The van der Waals surface area contributed by atoms with E-state index in [2.05, 4.69) is 10.3 Å². The zero-order valence-corrected chi connectivity index (χ0v) is 13.0. The van der Waals surface area contributed by atoms with Crippen LogP contribution in [0.2, 0.25) is 0 Å². The van der Waals surface area contributed by atoms with Crippen LogP contribution in [0.3, 0.4) is 0 Å². The number of hydrogen-bond donors (Lipinski definition) is 1. The first-order valence-corrected chi connectivity index (χ1v) is 8.18. The van der Waals surface area contributed by atoms with Gasteiger partial charge in [0.15, 0.2) is 0 Å². The standard InChI is InChI=1S/C13H18ClN3O2S/c1-2-4-10-12(18)17(13(19)16-10)6-3-5-11-15-9(7-14)8-20-11/h8,10H,2-7H2,1H3,(H,16,19). The number of urea groups is 1. The Morgan fingerprint density at radius 1 is 1.50 bits per heavy atom. The van der Waals surface area contributed by atoms with Gasteiger partial charge in [-0.25, -0.2) is 9.78 Å². The quantitative estimate of drug-likeness (QED) is 0.621. The fourth-order valence-corrected chi connectivity index (χ4v) is 3.26. The molecule has 7 heteroatoms. The number of aromatic nitrogens is 1. The van der Waals surface area contributed by atoms with Crippen LogP contribution in [0.15, 0.2) is 5.38 Å². The maximum atomic E-state index is 12.0. The minimum Gasteiger partial charge on any atom is -0.326 e. The van der Waals surface area contributed by atoms with Gasteiger partial charge >= 0.3 is 6.03 Å². The molecule has 1 atom stereocenters. The fraction of sp³-hybridized carbons (Fsp3) is 0.615. The number of aryl methyl sites for hydroxylation is 1. The zero-order valence-electron chi connectivity index (χ0n) is 11.4. The molecule has 5 nitrogen and oxygen atoms in total. The second-order valence-corrected chi connectivity index (χ2v) is 5.96. The maximum Gasteiger partial charge on any atom is 0.324 e. The van der Waals surface area contributed by atoms with E-state index in [1.165, 1.54) is 4.90 Å². The van der Waals surface area contributed by atoms with E-state index in [-0.39, 0.29) is 18.0 Å². The summed E-state index contributed by atoms with van der Waals surface area (Å²) in [7, 11) is 0. The van der Waals surface area contributed by atoms with Gasteiger partial charge in [-0.05, 0) is 12.8 Å². The van der Waals surface area contributed by atoms with Crippen LogP contribution >= 0.6 is 22.9 Å². The topological polar surface area (TPSA) is 62.3 Å². The number of thiazole rings is 1. The summed E-state index contributed by atoms with van der Waals surface area (Å²) < 4.78 is 0. The third-order valence-electron chi connectivity index (χ3n) is 3.19. The van der Waals surface area contributed by atoms with Crippen molar-refractivity contribution in [2.24, 2.45) is 0 Å². The van der Waals surface area contributed by atoms with Crippen molar-refractivity contribution in [1.82, 2.24) is 15.2 Å². The van der Waals surface area contributed by atoms with E-state index in [4.69, 9.17) is 11.6 Å². The largest absolute Gasteiger partial charge is 0.326 e. The summed E-state index contributed by atoms with van der Waals surface area (Å²) in [4.78, 5) is 29.4. The van der Waals surface area contributed by atoms with E-state index in [9.17, 15) is 9.59 Å². The van der Waals surface area contributed by atoms with E-state index in [0.29, 0.717) is 18.8 Å². The monoisotopic (exact) mass is 315 g/mol. The number of nitrogens with zero attached hydrogens (tertiary/aromatic N) is 2. The molecule has 1 N–H and O–H groups in total. The minimum atomic E-state index is -0.338. The van der Waals surface area contributed by atoms with Gasteiger partial charge < -0.3 is 5.32 Å². The van der Waals surface area contributed by atoms with Crippen molar-refractivity contribution in [3.05, 3.63) is 16.1 Å². The molecular formula is C13H18ClN3O2S. The lowest BCUT2D eigenvalue weighted by molar-refractivity contribution is -0.127. The maximum absolute atomic E-state index is 12.0. The second-order valence-electron chi connectivity index (χ2n) is 4.75. The molecule has 0 spiro atoms. The number of alkyl halides is 1. The minimum absolute atomic E-state index is 0.0996. The van der Waals surface area contributed by atoms with Crippen LogP contribution in [0, 0.1) is 0 Å². The molecule has 1 aliphatic rings. The Hall–Kier alpha value is -1.14. The lowest BCUT2D eigenvalue weighted by Gasteiger charge is -2.12. The summed E-state index contributed by atoms with van der Waals surface area (Å²) in [6.45, 7) is 2.44. The molecule has 3 amide bonds. The number of halogens is 1. The first kappa shape index (κ1) is 15.3. The smallest absolute Gasteiger partial charge is 0.324 e. The predicted octanol–water partition coefficient (Wildman–Crippen LogP) is 2.54. The summed E-state index contributed by atoms with van der Waals surface area (Å²) >= 11 is 7.27. The molecule has 20 heavy (non-hydrogen) atoms. The molecule has 0 aromatic carbocycles. The van der Waals surface area contributed by atoms with Gasteiger partial charge in [0.05, 0.1) is 16.6 Å². The lowest BCUT2D eigenvalue weighted by Crippen LogP contribution is -2.32. The predicted molar refractivity (Wildman–Crippen MR) is 78.9 cm³/mol. The van der Waals surface area contributed by atoms with E-state index in [1.807, 2.05) is 12.3 Å². The van der Waals surface area contributed by atoms with E-state index in [0.717, 1.165) is 30.0 Å². The van der Waals surface area contributed by atoms with Crippen molar-refractivity contribution < 1.29 is 9.59 Å². The Kier molecular flexibility index (Phi) is 5.37. The summed E-state index contributed by atoms with van der Waals surface area (Å²) in [5.74, 6) is 0.319. The number of imide groups is 1. The van der Waals surface area contributed by atoms with E-state index >= 15 is 0 Å². The highest BCUT2D eigenvalue weighted by Gasteiger charge is 2.36. The van der Waals surface area contributed by atoms with Gasteiger partial charge in [-0.3, -0.25) is 9.69 Å². The SMILES string of the molecule is CCCC1NC(=O)N(CCCc2nc(CCl)cs2)C1=O. The Morgan fingerprint density at radius 2 is 2.30 bits per heavy atom. The first-order valence-electron chi connectivity index (χ1n) is 6.76. The summed E-state index contributed by atoms with van der Waals surface area (Å²) in [6.07, 6.45) is 3.07. The zero-order chi connectivity index (χ0) is 14.5. The number of rotatable bonds is 7. The molecule has 2 rings (SSSR count). The van der Waals surface area contributed by atoms with E-state index < -0.39 is 0 Å². The average molecular weight is 316 g/mol.